The Hall–Kier alpha value is -3.74. The van der Waals surface area contributed by atoms with Crippen LogP contribution in [0.2, 0.25) is 0 Å². The molecule has 4 rings (SSSR count). The molecule has 7 heteroatoms. The number of ether oxygens (including phenoxy) is 1. The topological polar surface area (TPSA) is 81.9 Å². The van der Waals surface area contributed by atoms with Crippen molar-refractivity contribution in [3.63, 3.8) is 0 Å². The van der Waals surface area contributed by atoms with E-state index in [4.69, 9.17) is 4.74 Å². The van der Waals surface area contributed by atoms with Crippen LogP contribution in [0.25, 0.3) is 22.4 Å². The quantitative estimate of drug-likeness (QED) is 0.605. The van der Waals surface area contributed by atoms with E-state index in [-0.39, 0.29) is 5.91 Å². The van der Waals surface area contributed by atoms with Gasteiger partial charge in [0.15, 0.2) is 5.82 Å². The van der Waals surface area contributed by atoms with Crippen LogP contribution < -0.4 is 10.2 Å². The number of aryl methyl sites for hydroxylation is 1. The van der Waals surface area contributed by atoms with Crippen LogP contribution in [0.15, 0.2) is 61.1 Å². The third-order valence-electron chi connectivity index (χ3n) is 4.24. The van der Waals surface area contributed by atoms with Gasteiger partial charge in [-0.3, -0.25) is 19.9 Å². The summed E-state index contributed by atoms with van der Waals surface area (Å²) in [6.07, 6.45) is 5.00. The Labute approximate surface area is 155 Å². The third-order valence-corrected chi connectivity index (χ3v) is 4.24. The molecule has 3 aromatic heterocycles. The molecule has 0 saturated carbocycles. The number of methoxy groups -OCH3 is 1. The van der Waals surface area contributed by atoms with Crippen molar-refractivity contribution < 1.29 is 9.53 Å². The highest BCUT2D eigenvalue weighted by molar-refractivity contribution is 6.01. The van der Waals surface area contributed by atoms with Gasteiger partial charge >= 0.3 is 0 Å². The number of fused-ring (bicyclic) bond motifs is 1. The summed E-state index contributed by atoms with van der Waals surface area (Å²) in [6, 6.07) is 13.1. The molecule has 7 nitrogen and oxygen atoms in total. The fourth-order valence-electron chi connectivity index (χ4n) is 2.82. The highest BCUT2D eigenvalue weighted by Crippen LogP contribution is 2.21. The summed E-state index contributed by atoms with van der Waals surface area (Å²) in [5.74, 6) is 0.970. The monoisotopic (exact) mass is 359 g/mol. The van der Waals surface area contributed by atoms with Gasteiger partial charge < -0.3 is 4.74 Å². The molecule has 134 valence electrons. The van der Waals surface area contributed by atoms with Crippen molar-refractivity contribution in [2.24, 2.45) is 0 Å². The molecule has 0 aliphatic heterocycles. The molecule has 0 bridgehead atoms. The molecule has 0 atom stereocenters. The number of amides is 1. The second kappa shape index (κ2) is 6.87. The van der Waals surface area contributed by atoms with E-state index in [2.05, 4.69) is 20.4 Å². The lowest BCUT2D eigenvalue weighted by molar-refractivity contribution is 0.101. The highest BCUT2D eigenvalue weighted by Gasteiger charge is 2.14. The van der Waals surface area contributed by atoms with E-state index in [1.807, 2.05) is 42.5 Å². The molecule has 0 unspecified atom stereocenters. The van der Waals surface area contributed by atoms with Crippen molar-refractivity contribution in [1.29, 1.82) is 0 Å². The van der Waals surface area contributed by atoms with Gasteiger partial charge in [-0.15, -0.1) is 0 Å². The average Bonchev–Trinajstić information content (AvgIpc) is 3.10. The molecule has 1 N–H and O–H groups in total. The Morgan fingerprint density at radius 2 is 2.04 bits per heavy atom. The molecule has 0 fully saturated rings. The summed E-state index contributed by atoms with van der Waals surface area (Å²) < 4.78 is 6.90. The van der Waals surface area contributed by atoms with Crippen molar-refractivity contribution in [3.05, 3.63) is 72.3 Å². The van der Waals surface area contributed by atoms with Gasteiger partial charge in [0.2, 0.25) is 0 Å². The minimum absolute atomic E-state index is 0.284. The Morgan fingerprint density at radius 3 is 2.78 bits per heavy atom. The number of carbonyl (C=O) groups excluding carboxylic acids is 1. The number of carbonyl (C=O) groups is 1. The van der Waals surface area contributed by atoms with E-state index < -0.39 is 0 Å². The molecule has 27 heavy (non-hydrogen) atoms. The smallest absolute Gasteiger partial charge is 0.273 e. The zero-order valence-corrected chi connectivity index (χ0v) is 14.9. The fourth-order valence-corrected chi connectivity index (χ4v) is 2.82. The zero-order chi connectivity index (χ0) is 18.8. The van der Waals surface area contributed by atoms with E-state index >= 15 is 0 Å². The summed E-state index contributed by atoms with van der Waals surface area (Å²) in [4.78, 5) is 25.6. The van der Waals surface area contributed by atoms with E-state index in [1.165, 1.54) is 6.20 Å². The van der Waals surface area contributed by atoms with Crippen molar-refractivity contribution in [1.82, 2.24) is 19.6 Å². The van der Waals surface area contributed by atoms with Gasteiger partial charge in [-0.1, -0.05) is 6.07 Å². The third kappa shape index (κ3) is 3.22. The maximum atomic E-state index is 12.7. The number of hydrogen-bond acceptors (Lipinski definition) is 5. The number of nitrogens with zero attached hydrogens (tertiary/aromatic N) is 4. The maximum absolute atomic E-state index is 12.7. The van der Waals surface area contributed by atoms with Gasteiger partial charge in [0.1, 0.15) is 11.4 Å². The molecular weight excluding hydrogens is 342 g/mol. The number of benzene rings is 1. The highest BCUT2D eigenvalue weighted by atomic mass is 16.5. The predicted molar refractivity (Wildman–Crippen MR) is 102 cm³/mol. The Balaban J connectivity index is 1.60. The SMILES string of the molecule is COc1ccc2c(ccn2NC(=O)c2cnc(-c3ccccn3)nc2C)c1. The minimum atomic E-state index is -0.284. The summed E-state index contributed by atoms with van der Waals surface area (Å²) in [6.45, 7) is 1.78. The van der Waals surface area contributed by atoms with Crippen LogP contribution in [0, 0.1) is 6.92 Å². The van der Waals surface area contributed by atoms with Crippen LogP contribution in [0.3, 0.4) is 0 Å². The Bertz CT molecular complexity index is 1120. The van der Waals surface area contributed by atoms with Crippen LogP contribution >= 0.6 is 0 Å². The summed E-state index contributed by atoms with van der Waals surface area (Å²) >= 11 is 0. The van der Waals surface area contributed by atoms with Crippen molar-refractivity contribution in [2.75, 3.05) is 12.5 Å². The maximum Gasteiger partial charge on any atom is 0.273 e. The summed E-state index contributed by atoms with van der Waals surface area (Å²) in [5.41, 5.74) is 5.39. The van der Waals surface area contributed by atoms with Gasteiger partial charge in [-0.25, -0.2) is 9.97 Å². The largest absolute Gasteiger partial charge is 0.497 e. The lowest BCUT2D eigenvalue weighted by Crippen LogP contribution is -2.23. The summed E-state index contributed by atoms with van der Waals surface area (Å²) in [5, 5.41) is 0.966. The van der Waals surface area contributed by atoms with Crippen molar-refractivity contribution >= 4 is 16.8 Å². The first-order chi connectivity index (χ1) is 13.2. The van der Waals surface area contributed by atoms with E-state index in [0.29, 0.717) is 22.8 Å². The van der Waals surface area contributed by atoms with Gasteiger partial charge in [0.25, 0.3) is 5.91 Å². The average molecular weight is 359 g/mol. The Kier molecular flexibility index (Phi) is 4.25. The van der Waals surface area contributed by atoms with Gasteiger partial charge in [0, 0.05) is 24.0 Å². The normalized spacial score (nSPS) is 10.7. The molecule has 4 aromatic rings. The number of aromatic nitrogens is 4. The van der Waals surface area contributed by atoms with Gasteiger partial charge in [-0.2, -0.15) is 0 Å². The molecular formula is C20H17N5O2. The van der Waals surface area contributed by atoms with Gasteiger partial charge in [0.05, 0.1) is 23.9 Å². The molecule has 0 spiro atoms. The lowest BCUT2D eigenvalue weighted by atomic mass is 10.2. The molecule has 0 radical (unpaired) electrons. The molecule has 1 amide bonds. The predicted octanol–water partition coefficient (Wildman–Crippen LogP) is 3.19. The second-order valence-electron chi connectivity index (χ2n) is 5.96. The van der Waals surface area contributed by atoms with Crippen LogP contribution in [0.4, 0.5) is 0 Å². The number of rotatable bonds is 4. The van der Waals surface area contributed by atoms with E-state index in [1.54, 1.807) is 31.1 Å². The molecule has 0 aliphatic carbocycles. The van der Waals surface area contributed by atoms with Crippen LogP contribution in [0.1, 0.15) is 16.1 Å². The zero-order valence-electron chi connectivity index (χ0n) is 14.9. The fraction of sp³-hybridized carbons (Fsp3) is 0.100. The first kappa shape index (κ1) is 16.7. The molecule has 0 saturated heterocycles. The first-order valence-corrected chi connectivity index (χ1v) is 8.37. The number of hydrogen-bond donors (Lipinski definition) is 1. The number of pyridine rings is 1. The van der Waals surface area contributed by atoms with Crippen LogP contribution in [0.5, 0.6) is 5.75 Å². The molecule has 3 heterocycles. The van der Waals surface area contributed by atoms with Crippen molar-refractivity contribution in [3.8, 4) is 17.3 Å². The van der Waals surface area contributed by atoms with Gasteiger partial charge in [-0.05, 0) is 43.3 Å². The summed E-state index contributed by atoms with van der Waals surface area (Å²) in [7, 11) is 1.62. The molecule has 1 aromatic carbocycles. The first-order valence-electron chi connectivity index (χ1n) is 8.37. The standard InChI is InChI=1S/C20H17N5O2/c1-13-16(12-22-19(23-13)17-5-3-4-9-21-17)20(26)24-25-10-8-14-11-15(27-2)6-7-18(14)25/h3-12H,1-2H3,(H,24,26). The Morgan fingerprint density at radius 1 is 1.15 bits per heavy atom. The lowest BCUT2D eigenvalue weighted by Gasteiger charge is -2.10. The van der Waals surface area contributed by atoms with Crippen molar-refractivity contribution in [2.45, 2.75) is 6.92 Å². The van der Waals surface area contributed by atoms with E-state index in [0.717, 1.165) is 16.7 Å². The van der Waals surface area contributed by atoms with Crippen LogP contribution in [-0.2, 0) is 0 Å². The molecule has 0 aliphatic rings. The second-order valence-corrected chi connectivity index (χ2v) is 5.96. The number of nitrogens with one attached hydrogen (secondary N) is 1. The van der Waals surface area contributed by atoms with Crippen LogP contribution in [-0.4, -0.2) is 32.6 Å². The minimum Gasteiger partial charge on any atom is -0.497 e. The van der Waals surface area contributed by atoms with E-state index in [9.17, 15) is 4.79 Å².